The Hall–Kier alpha value is -1.29. The second-order valence-corrected chi connectivity index (χ2v) is 6.20. The van der Waals surface area contributed by atoms with Gasteiger partial charge in [0.1, 0.15) is 11.3 Å². The van der Waals surface area contributed by atoms with Crippen molar-refractivity contribution in [1.29, 1.82) is 0 Å². The number of aromatic carboxylic acids is 1. The molecule has 1 N–H and O–H groups in total. The highest BCUT2D eigenvalue weighted by atomic mass is 16.4. The Morgan fingerprint density at radius 2 is 1.75 bits per heavy atom. The molecule has 1 aromatic rings. The van der Waals surface area contributed by atoms with Crippen LogP contribution in [0, 0.1) is 11.8 Å². The Morgan fingerprint density at radius 3 is 2.20 bits per heavy atom. The highest BCUT2D eigenvalue weighted by Gasteiger charge is 2.17. The molecule has 20 heavy (non-hydrogen) atoms. The fourth-order valence-electron chi connectivity index (χ4n) is 2.01. The van der Waals surface area contributed by atoms with E-state index in [2.05, 4.69) is 32.6 Å². The summed E-state index contributed by atoms with van der Waals surface area (Å²) < 4.78 is 5.35. The molecule has 0 aliphatic carbocycles. The van der Waals surface area contributed by atoms with Crippen molar-refractivity contribution >= 4 is 5.97 Å². The van der Waals surface area contributed by atoms with E-state index in [0.717, 1.165) is 25.9 Å². The molecule has 0 radical (unpaired) electrons. The molecule has 114 valence electrons. The lowest BCUT2D eigenvalue weighted by Gasteiger charge is -2.23. The Morgan fingerprint density at radius 1 is 1.20 bits per heavy atom. The molecule has 0 amide bonds. The lowest BCUT2D eigenvalue weighted by atomic mass is 10.1. The molecule has 0 aliphatic heterocycles. The number of hydrogen-bond donors (Lipinski definition) is 1. The number of hydrogen-bond acceptors (Lipinski definition) is 3. The van der Waals surface area contributed by atoms with Crippen LogP contribution < -0.4 is 0 Å². The van der Waals surface area contributed by atoms with Gasteiger partial charge in [-0.05, 0) is 43.8 Å². The Labute approximate surface area is 121 Å². The monoisotopic (exact) mass is 281 g/mol. The summed E-state index contributed by atoms with van der Waals surface area (Å²) in [6.45, 7) is 11.3. The average molecular weight is 281 g/mol. The number of nitrogens with zero attached hydrogens (tertiary/aromatic N) is 1. The minimum absolute atomic E-state index is 0.282. The molecule has 0 bridgehead atoms. The molecule has 0 saturated carbocycles. The topological polar surface area (TPSA) is 53.7 Å². The van der Waals surface area contributed by atoms with Crippen molar-refractivity contribution in [2.45, 2.75) is 47.1 Å². The molecular formula is C16H27NO3. The van der Waals surface area contributed by atoms with Gasteiger partial charge in [0, 0.05) is 0 Å². The molecule has 1 rings (SSSR count). The van der Waals surface area contributed by atoms with E-state index in [4.69, 9.17) is 9.52 Å². The van der Waals surface area contributed by atoms with Crippen molar-refractivity contribution < 1.29 is 14.3 Å². The van der Waals surface area contributed by atoms with Gasteiger partial charge in [-0.2, -0.15) is 0 Å². The van der Waals surface area contributed by atoms with Crippen LogP contribution in [0.5, 0.6) is 0 Å². The molecule has 0 saturated heterocycles. The van der Waals surface area contributed by atoms with E-state index in [1.807, 2.05) is 0 Å². The van der Waals surface area contributed by atoms with Crippen molar-refractivity contribution in [2.24, 2.45) is 11.8 Å². The molecular weight excluding hydrogens is 254 g/mol. The van der Waals surface area contributed by atoms with Gasteiger partial charge in [-0.1, -0.05) is 27.7 Å². The maximum atomic E-state index is 11.1. The summed E-state index contributed by atoms with van der Waals surface area (Å²) in [5, 5.41) is 9.13. The number of carboxylic acids is 1. The molecule has 4 nitrogen and oxygen atoms in total. The highest BCUT2D eigenvalue weighted by Crippen LogP contribution is 2.16. The predicted octanol–water partition coefficient (Wildman–Crippen LogP) is 3.87. The molecule has 1 aromatic heterocycles. The molecule has 1 heterocycles. The lowest BCUT2D eigenvalue weighted by molar-refractivity contribution is 0.0692. The van der Waals surface area contributed by atoms with Gasteiger partial charge in [0.2, 0.25) is 0 Å². The third-order valence-corrected chi connectivity index (χ3v) is 3.39. The standard InChI is InChI=1S/C16H27NO3/c1-12(2)5-8-17(9-6-13(3)4)11-15-14(16(18)19)7-10-20-15/h7,10,12-13H,5-6,8-9,11H2,1-4H3,(H,18,19). The molecule has 4 heteroatoms. The van der Waals surface area contributed by atoms with Crippen molar-refractivity contribution in [3.63, 3.8) is 0 Å². The van der Waals surface area contributed by atoms with Crippen LogP contribution in [-0.2, 0) is 6.54 Å². The largest absolute Gasteiger partial charge is 0.478 e. The summed E-state index contributed by atoms with van der Waals surface area (Å²) in [6, 6.07) is 1.53. The Balaban J connectivity index is 2.66. The molecule has 0 aliphatic rings. The van der Waals surface area contributed by atoms with Crippen LogP contribution in [0.15, 0.2) is 16.7 Å². The zero-order chi connectivity index (χ0) is 15.1. The van der Waals surface area contributed by atoms with Crippen LogP contribution in [0.1, 0.15) is 56.7 Å². The second kappa shape index (κ2) is 8.10. The van der Waals surface area contributed by atoms with Gasteiger partial charge >= 0.3 is 5.97 Å². The Kier molecular flexibility index (Phi) is 6.79. The van der Waals surface area contributed by atoms with E-state index in [9.17, 15) is 4.79 Å². The predicted molar refractivity (Wildman–Crippen MR) is 79.9 cm³/mol. The van der Waals surface area contributed by atoms with E-state index in [-0.39, 0.29) is 5.56 Å². The molecule has 0 aromatic carbocycles. The zero-order valence-electron chi connectivity index (χ0n) is 13.1. The number of carbonyl (C=O) groups is 1. The lowest BCUT2D eigenvalue weighted by Crippen LogP contribution is -2.27. The van der Waals surface area contributed by atoms with Gasteiger partial charge in [-0.15, -0.1) is 0 Å². The maximum Gasteiger partial charge on any atom is 0.339 e. The Bertz CT molecular complexity index is 398. The maximum absolute atomic E-state index is 11.1. The van der Waals surface area contributed by atoms with Crippen molar-refractivity contribution in [1.82, 2.24) is 4.90 Å². The van der Waals surface area contributed by atoms with Crippen LogP contribution in [0.4, 0.5) is 0 Å². The van der Waals surface area contributed by atoms with Crippen LogP contribution >= 0.6 is 0 Å². The third-order valence-electron chi connectivity index (χ3n) is 3.39. The second-order valence-electron chi connectivity index (χ2n) is 6.20. The van der Waals surface area contributed by atoms with E-state index in [0.29, 0.717) is 24.1 Å². The van der Waals surface area contributed by atoms with Gasteiger partial charge in [0.25, 0.3) is 0 Å². The third kappa shape index (κ3) is 5.78. The average Bonchev–Trinajstić information content (AvgIpc) is 2.80. The first-order valence-electron chi connectivity index (χ1n) is 7.42. The quantitative estimate of drug-likeness (QED) is 0.746. The smallest absolute Gasteiger partial charge is 0.339 e. The zero-order valence-corrected chi connectivity index (χ0v) is 13.1. The fraction of sp³-hybridized carbons (Fsp3) is 0.688. The summed E-state index contributed by atoms with van der Waals surface area (Å²) in [5.74, 6) is 0.936. The van der Waals surface area contributed by atoms with Crippen molar-refractivity contribution in [2.75, 3.05) is 13.1 Å². The van der Waals surface area contributed by atoms with Gasteiger partial charge in [0.15, 0.2) is 0 Å². The van der Waals surface area contributed by atoms with E-state index in [1.165, 1.54) is 12.3 Å². The van der Waals surface area contributed by atoms with Crippen LogP contribution in [0.2, 0.25) is 0 Å². The summed E-state index contributed by atoms with van der Waals surface area (Å²) in [4.78, 5) is 13.4. The van der Waals surface area contributed by atoms with E-state index < -0.39 is 5.97 Å². The highest BCUT2D eigenvalue weighted by molar-refractivity contribution is 5.88. The van der Waals surface area contributed by atoms with Gasteiger partial charge in [-0.3, -0.25) is 4.90 Å². The SMILES string of the molecule is CC(C)CCN(CCC(C)C)Cc1occc1C(=O)O. The first kappa shape index (κ1) is 16.8. The summed E-state index contributed by atoms with van der Waals surface area (Å²) >= 11 is 0. The molecule has 0 atom stereocenters. The normalized spacial score (nSPS) is 11.8. The minimum Gasteiger partial charge on any atom is -0.478 e. The first-order chi connectivity index (χ1) is 9.40. The van der Waals surface area contributed by atoms with E-state index in [1.54, 1.807) is 0 Å². The molecule has 0 fully saturated rings. The minimum atomic E-state index is -0.915. The van der Waals surface area contributed by atoms with Crippen molar-refractivity contribution in [3.8, 4) is 0 Å². The summed E-state index contributed by atoms with van der Waals surface area (Å²) in [6.07, 6.45) is 3.68. The van der Waals surface area contributed by atoms with Gasteiger partial charge in [0.05, 0.1) is 12.8 Å². The van der Waals surface area contributed by atoms with Crippen LogP contribution in [0.25, 0.3) is 0 Å². The van der Waals surface area contributed by atoms with Crippen molar-refractivity contribution in [3.05, 3.63) is 23.7 Å². The fourth-order valence-corrected chi connectivity index (χ4v) is 2.01. The number of rotatable bonds is 9. The molecule has 0 unspecified atom stereocenters. The van der Waals surface area contributed by atoms with E-state index >= 15 is 0 Å². The summed E-state index contributed by atoms with van der Waals surface area (Å²) in [5.41, 5.74) is 0.282. The first-order valence-corrected chi connectivity index (χ1v) is 7.42. The van der Waals surface area contributed by atoms with Crippen LogP contribution in [-0.4, -0.2) is 29.1 Å². The van der Waals surface area contributed by atoms with Crippen LogP contribution in [0.3, 0.4) is 0 Å². The molecule has 0 spiro atoms. The van der Waals surface area contributed by atoms with Gasteiger partial charge in [-0.25, -0.2) is 4.79 Å². The number of carboxylic acid groups (broad SMARTS) is 1. The number of furan rings is 1. The summed E-state index contributed by atoms with van der Waals surface area (Å²) in [7, 11) is 0. The van der Waals surface area contributed by atoms with Gasteiger partial charge < -0.3 is 9.52 Å².